The first-order valence-corrected chi connectivity index (χ1v) is 15.6. The molecule has 4 unspecified atom stereocenters. The first kappa shape index (κ1) is 26.5. The molecule has 0 aliphatic heterocycles. The zero-order valence-electron chi connectivity index (χ0n) is 23.8. The summed E-state index contributed by atoms with van der Waals surface area (Å²) in [5, 5.41) is 0. The molecule has 5 aliphatic rings. The molecule has 3 nitrogen and oxygen atoms in total. The third-order valence-electron chi connectivity index (χ3n) is 12.1. The van der Waals surface area contributed by atoms with E-state index in [0.717, 1.165) is 37.0 Å². The molecule has 202 valence electrons. The molecule has 36 heavy (non-hydrogen) atoms. The molecular formula is C33H52O3. The molecule has 0 aromatic heterocycles. The zero-order valence-corrected chi connectivity index (χ0v) is 23.8. The van der Waals surface area contributed by atoms with Gasteiger partial charge in [0.15, 0.2) is 5.78 Å². The van der Waals surface area contributed by atoms with Gasteiger partial charge in [-0.2, -0.15) is 0 Å². The van der Waals surface area contributed by atoms with Crippen LogP contribution in [-0.4, -0.2) is 17.9 Å². The van der Waals surface area contributed by atoms with Gasteiger partial charge in [-0.15, -0.1) is 0 Å². The predicted octanol–water partition coefficient (Wildman–Crippen LogP) is 8.31. The number of carbonyl (C=O) groups excluding carboxylic acids is 2. The molecule has 5 rings (SSSR count). The van der Waals surface area contributed by atoms with E-state index in [-0.39, 0.29) is 23.4 Å². The number of ether oxygens (including phenoxy) is 1. The maximum atomic E-state index is 13.8. The molecule has 0 bridgehead atoms. The van der Waals surface area contributed by atoms with Crippen molar-refractivity contribution in [1.82, 2.24) is 0 Å². The minimum absolute atomic E-state index is 0.0122. The van der Waals surface area contributed by atoms with Crippen molar-refractivity contribution in [1.29, 1.82) is 0 Å². The van der Waals surface area contributed by atoms with E-state index < -0.39 is 0 Å². The molecule has 3 heteroatoms. The molecule has 0 N–H and O–H groups in total. The standard InChI is InChI=1S/C33H52O3/c1-21(2)8-6-9-22(3)26-12-13-27-31-28(15-17-33(26,27)5)32(4)16-14-25(19-24(32)20-29(31)34)36-30(35)18-23-10-7-11-23/h20-23,25-28,31H,6-19H2,1-5H3/t22?,25-,26+,27?,28?,31?,32-,33+/m0/s1. The normalized spacial score (nSPS) is 41.1. The quantitative estimate of drug-likeness (QED) is 0.317. The molecule has 0 amide bonds. The third kappa shape index (κ3) is 4.75. The number of fused-ring (bicyclic) bond motifs is 5. The van der Waals surface area contributed by atoms with Gasteiger partial charge in [-0.25, -0.2) is 0 Å². The van der Waals surface area contributed by atoms with Gasteiger partial charge in [0.25, 0.3) is 0 Å². The van der Waals surface area contributed by atoms with E-state index in [2.05, 4.69) is 34.6 Å². The summed E-state index contributed by atoms with van der Waals surface area (Å²) in [6.45, 7) is 12.2. The smallest absolute Gasteiger partial charge is 0.306 e. The van der Waals surface area contributed by atoms with Crippen molar-refractivity contribution in [3.05, 3.63) is 11.6 Å². The van der Waals surface area contributed by atoms with Crippen LogP contribution in [0.15, 0.2) is 11.6 Å². The molecule has 0 saturated heterocycles. The molecule has 0 heterocycles. The Hall–Kier alpha value is -1.12. The van der Waals surface area contributed by atoms with Gasteiger partial charge in [0.05, 0.1) is 0 Å². The predicted molar refractivity (Wildman–Crippen MR) is 145 cm³/mol. The van der Waals surface area contributed by atoms with E-state index >= 15 is 0 Å². The summed E-state index contributed by atoms with van der Waals surface area (Å²) >= 11 is 0. The van der Waals surface area contributed by atoms with Crippen molar-refractivity contribution in [2.45, 2.75) is 131 Å². The topological polar surface area (TPSA) is 43.4 Å². The number of rotatable bonds is 8. The second-order valence-electron chi connectivity index (χ2n) is 14.6. The Morgan fingerprint density at radius 1 is 1.00 bits per heavy atom. The molecule has 0 aromatic carbocycles. The maximum absolute atomic E-state index is 13.8. The van der Waals surface area contributed by atoms with E-state index in [9.17, 15) is 9.59 Å². The van der Waals surface area contributed by atoms with Crippen LogP contribution in [-0.2, 0) is 14.3 Å². The fourth-order valence-corrected chi connectivity index (χ4v) is 9.66. The highest BCUT2D eigenvalue weighted by Crippen LogP contribution is 2.66. The van der Waals surface area contributed by atoms with Crippen molar-refractivity contribution in [2.24, 2.45) is 52.3 Å². The minimum atomic E-state index is -0.0299. The van der Waals surface area contributed by atoms with Gasteiger partial charge < -0.3 is 4.74 Å². The molecular weight excluding hydrogens is 444 g/mol. The summed E-state index contributed by atoms with van der Waals surface area (Å²) in [7, 11) is 0. The molecule has 0 radical (unpaired) electrons. The summed E-state index contributed by atoms with van der Waals surface area (Å²) in [6, 6.07) is 0. The van der Waals surface area contributed by atoms with Gasteiger partial charge in [-0.3, -0.25) is 9.59 Å². The van der Waals surface area contributed by atoms with Gasteiger partial charge in [0.1, 0.15) is 6.10 Å². The lowest BCUT2D eigenvalue weighted by molar-refractivity contribution is -0.153. The van der Waals surface area contributed by atoms with Crippen LogP contribution in [0.2, 0.25) is 0 Å². The second-order valence-corrected chi connectivity index (χ2v) is 14.6. The van der Waals surface area contributed by atoms with Crippen LogP contribution < -0.4 is 0 Å². The monoisotopic (exact) mass is 496 g/mol. The molecule has 4 saturated carbocycles. The Kier molecular flexibility index (Phi) is 7.52. The largest absolute Gasteiger partial charge is 0.462 e. The average molecular weight is 497 g/mol. The van der Waals surface area contributed by atoms with Gasteiger partial charge in [0, 0.05) is 18.8 Å². The first-order chi connectivity index (χ1) is 17.1. The van der Waals surface area contributed by atoms with Crippen molar-refractivity contribution in [3.63, 3.8) is 0 Å². The summed E-state index contributed by atoms with van der Waals surface area (Å²) < 4.78 is 5.94. The third-order valence-corrected chi connectivity index (χ3v) is 12.1. The Labute approximate surface area is 220 Å². The fraction of sp³-hybridized carbons (Fsp3) is 0.879. The molecule has 0 aromatic rings. The SMILES string of the molecule is CC(C)CCCC(C)[C@H]1CCC2C3C(=O)C=C4C[C@@H](OC(=O)CC5CCC5)CC[C@]4(C)C3CC[C@@]21C. The highest BCUT2D eigenvalue weighted by atomic mass is 16.5. The van der Waals surface area contributed by atoms with Crippen molar-refractivity contribution < 1.29 is 14.3 Å². The molecule has 0 spiro atoms. The Balaban J connectivity index is 1.27. The number of allylic oxidation sites excluding steroid dienone is 1. The second kappa shape index (κ2) is 10.2. The van der Waals surface area contributed by atoms with Crippen LogP contribution >= 0.6 is 0 Å². The first-order valence-electron chi connectivity index (χ1n) is 15.6. The number of carbonyl (C=O) groups is 2. The summed E-state index contributed by atoms with van der Waals surface area (Å²) in [6.07, 6.45) is 18.1. The highest BCUT2D eigenvalue weighted by molar-refractivity contribution is 5.94. The van der Waals surface area contributed by atoms with E-state index in [1.54, 1.807) is 0 Å². The van der Waals surface area contributed by atoms with Crippen LogP contribution in [0.1, 0.15) is 125 Å². The average Bonchev–Trinajstić information content (AvgIpc) is 3.14. The summed E-state index contributed by atoms with van der Waals surface area (Å²) in [4.78, 5) is 26.3. The maximum Gasteiger partial charge on any atom is 0.306 e. The Morgan fingerprint density at radius 2 is 1.78 bits per heavy atom. The van der Waals surface area contributed by atoms with Crippen molar-refractivity contribution >= 4 is 11.8 Å². The summed E-state index contributed by atoms with van der Waals surface area (Å²) in [5.41, 5.74) is 1.73. The highest BCUT2D eigenvalue weighted by Gasteiger charge is 2.61. The Morgan fingerprint density at radius 3 is 2.47 bits per heavy atom. The van der Waals surface area contributed by atoms with E-state index in [1.807, 2.05) is 6.08 Å². The fourth-order valence-electron chi connectivity index (χ4n) is 9.66. The summed E-state index contributed by atoms with van der Waals surface area (Å²) in [5.74, 6) is 4.50. The number of hydrogen-bond donors (Lipinski definition) is 0. The van der Waals surface area contributed by atoms with Gasteiger partial charge in [-0.05, 0) is 104 Å². The minimum Gasteiger partial charge on any atom is -0.462 e. The van der Waals surface area contributed by atoms with Gasteiger partial charge in [0.2, 0.25) is 0 Å². The number of ketones is 1. The van der Waals surface area contributed by atoms with Crippen LogP contribution in [0.25, 0.3) is 0 Å². The molecule has 4 fully saturated rings. The lowest BCUT2D eigenvalue weighted by atomic mass is 9.46. The number of hydrogen-bond acceptors (Lipinski definition) is 3. The van der Waals surface area contributed by atoms with Crippen molar-refractivity contribution in [3.8, 4) is 0 Å². The van der Waals surface area contributed by atoms with Crippen LogP contribution in [0.4, 0.5) is 0 Å². The number of esters is 1. The zero-order chi connectivity index (χ0) is 25.7. The van der Waals surface area contributed by atoms with E-state index in [4.69, 9.17) is 4.74 Å². The Bertz CT molecular complexity index is 868. The van der Waals surface area contributed by atoms with E-state index in [1.165, 1.54) is 69.8 Å². The van der Waals surface area contributed by atoms with Crippen LogP contribution in [0.5, 0.6) is 0 Å². The van der Waals surface area contributed by atoms with E-state index in [0.29, 0.717) is 35.4 Å². The van der Waals surface area contributed by atoms with Gasteiger partial charge in [-0.1, -0.05) is 65.9 Å². The van der Waals surface area contributed by atoms with Crippen molar-refractivity contribution in [2.75, 3.05) is 0 Å². The lowest BCUT2D eigenvalue weighted by Gasteiger charge is -2.57. The molecule has 8 atom stereocenters. The van der Waals surface area contributed by atoms with Crippen LogP contribution in [0.3, 0.4) is 0 Å². The van der Waals surface area contributed by atoms with Gasteiger partial charge >= 0.3 is 5.97 Å². The van der Waals surface area contributed by atoms with Crippen LogP contribution in [0, 0.1) is 52.3 Å². The lowest BCUT2D eigenvalue weighted by Crippen LogP contribution is -2.54. The molecule has 5 aliphatic carbocycles.